The van der Waals surface area contributed by atoms with Crippen LogP contribution in [0.15, 0.2) is 18.2 Å². The fraction of sp³-hybridized carbons (Fsp3) is 0.333. The first-order valence-corrected chi connectivity index (χ1v) is 8.73. The van der Waals surface area contributed by atoms with Crippen LogP contribution in [0.1, 0.15) is 43.1 Å². The molecule has 0 unspecified atom stereocenters. The van der Waals surface area contributed by atoms with Gasteiger partial charge in [-0.25, -0.2) is 0 Å². The van der Waals surface area contributed by atoms with E-state index in [1.165, 1.54) is 16.2 Å². The van der Waals surface area contributed by atoms with E-state index < -0.39 is 5.91 Å². The molecular weight excluding hydrogens is 322 g/mol. The number of nitrogens with one attached hydrogen (secondary N) is 1. The van der Waals surface area contributed by atoms with Crippen molar-refractivity contribution in [2.45, 2.75) is 26.2 Å². The third-order valence-electron chi connectivity index (χ3n) is 4.34. The Hall–Kier alpha value is -2.34. The minimum Gasteiger partial charge on any atom is -0.377 e. The van der Waals surface area contributed by atoms with E-state index in [0.29, 0.717) is 16.1 Å². The molecule has 1 heterocycles. The highest BCUT2D eigenvalue weighted by molar-refractivity contribution is 7.17. The number of anilines is 2. The summed E-state index contributed by atoms with van der Waals surface area (Å²) in [7, 11) is 3.93. The van der Waals surface area contributed by atoms with Crippen LogP contribution in [0.25, 0.3) is 0 Å². The van der Waals surface area contributed by atoms with E-state index in [4.69, 9.17) is 5.73 Å². The quantitative estimate of drug-likeness (QED) is 0.896. The summed E-state index contributed by atoms with van der Waals surface area (Å²) in [5.41, 5.74) is 9.70. The molecule has 5 nitrogen and oxygen atoms in total. The smallest absolute Gasteiger partial charge is 0.256 e. The maximum atomic E-state index is 12.6. The molecule has 0 fully saturated rings. The number of rotatable bonds is 4. The highest BCUT2D eigenvalue weighted by Crippen LogP contribution is 2.39. The molecule has 0 aliphatic heterocycles. The number of hydrogen-bond donors (Lipinski definition) is 2. The predicted molar refractivity (Wildman–Crippen MR) is 98.3 cm³/mol. The van der Waals surface area contributed by atoms with E-state index in [0.717, 1.165) is 36.1 Å². The van der Waals surface area contributed by atoms with E-state index in [1.807, 2.05) is 38.1 Å². The van der Waals surface area contributed by atoms with Gasteiger partial charge in [0.15, 0.2) is 0 Å². The SMILES string of the molecule is Cc1cc(C(=O)Nc2sc3c(c2C(N)=O)CCC3)ccc1N(C)C. The zero-order valence-corrected chi connectivity index (χ0v) is 14.9. The summed E-state index contributed by atoms with van der Waals surface area (Å²) < 4.78 is 0. The number of aryl methyl sites for hydroxylation is 2. The molecule has 0 atom stereocenters. The number of primary amides is 1. The second-order valence-corrected chi connectivity index (χ2v) is 7.38. The van der Waals surface area contributed by atoms with E-state index >= 15 is 0 Å². The Morgan fingerprint density at radius 2 is 2.00 bits per heavy atom. The molecule has 2 aromatic rings. The van der Waals surface area contributed by atoms with E-state index in [9.17, 15) is 9.59 Å². The second kappa shape index (κ2) is 6.28. The van der Waals surface area contributed by atoms with E-state index in [1.54, 1.807) is 6.07 Å². The number of benzene rings is 1. The standard InChI is InChI=1S/C18H21N3O2S/c1-10-9-11(7-8-13(10)21(2)3)17(23)20-18-15(16(19)22)12-5-4-6-14(12)24-18/h7-9H,4-6H2,1-3H3,(H2,19,22)(H,20,23). The van der Waals surface area contributed by atoms with Crippen LogP contribution < -0.4 is 16.0 Å². The van der Waals surface area contributed by atoms with E-state index in [2.05, 4.69) is 5.32 Å². The van der Waals surface area contributed by atoms with Crippen molar-refractivity contribution in [3.05, 3.63) is 45.3 Å². The van der Waals surface area contributed by atoms with Crippen molar-refractivity contribution in [3.8, 4) is 0 Å². The Balaban J connectivity index is 1.88. The van der Waals surface area contributed by atoms with Crippen molar-refractivity contribution in [3.63, 3.8) is 0 Å². The van der Waals surface area contributed by atoms with Crippen LogP contribution in [-0.4, -0.2) is 25.9 Å². The molecule has 1 aromatic heterocycles. The lowest BCUT2D eigenvalue weighted by Crippen LogP contribution is -2.18. The van der Waals surface area contributed by atoms with Crippen LogP contribution in [0.4, 0.5) is 10.7 Å². The van der Waals surface area contributed by atoms with Gasteiger partial charge in [-0.1, -0.05) is 0 Å². The molecular formula is C18H21N3O2S. The van der Waals surface area contributed by atoms with Crippen LogP contribution in [0.3, 0.4) is 0 Å². The van der Waals surface area contributed by atoms with Gasteiger partial charge in [0.1, 0.15) is 5.00 Å². The number of thiophene rings is 1. The normalized spacial score (nSPS) is 12.8. The van der Waals surface area contributed by atoms with Crippen molar-refractivity contribution in [1.82, 2.24) is 0 Å². The van der Waals surface area contributed by atoms with Gasteiger partial charge < -0.3 is 16.0 Å². The molecule has 126 valence electrons. The largest absolute Gasteiger partial charge is 0.377 e. The summed E-state index contributed by atoms with van der Waals surface area (Å²) >= 11 is 1.47. The topological polar surface area (TPSA) is 75.4 Å². The summed E-state index contributed by atoms with van der Waals surface area (Å²) in [4.78, 5) is 27.6. The number of amides is 2. The molecule has 1 aliphatic rings. The van der Waals surface area contributed by atoms with Crippen molar-refractivity contribution >= 4 is 33.8 Å². The van der Waals surface area contributed by atoms with Gasteiger partial charge in [-0.05, 0) is 55.5 Å². The van der Waals surface area contributed by atoms with Crippen LogP contribution in [0, 0.1) is 6.92 Å². The average molecular weight is 343 g/mol. The van der Waals surface area contributed by atoms with Gasteiger partial charge in [0.2, 0.25) is 0 Å². The van der Waals surface area contributed by atoms with Gasteiger partial charge in [0.25, 0.3) is 11.8 Å². The predicted octanol–water partition coefficient (Wildman–Crippen LogP) is 2.96. The molecule has 0 saturated carbocycles. The Morgan fingerprint density at radius 3 is 2.62 bits per heavy atom. The lowest BCUT2D eigenvalue weighted by Gasteiger charge is -2.16. The lowest BCUT2D eigenvalue weighted by atomic mass is 10.1. The van der Waals surface area contributed by atoms with Gasteiger partial charge in [0.05, 0.1) is 5.56 Å². The van der Waals surface area contributed by atoms with Gasteiger partial charge in [-0.2, -0.15) is 0 Å². The van der Waals surface area contributed by atoms with Crippen molar-refractivity contribution < 1.29 is 9.59 Å². The molecule has 24 heavy (non-hydrogen) atoms. The molecule has 3 rings (SSSR count). The maximum Gasteiger partial charge on any atom is 0.256 e. The monoisotopic (exact) mass is 343 g/mol. The Bertz CT molecular complexity index is 824. The Labute approximate surface area is 145 Å². The fourth-order valence-corrected chi connectivity index (χ4v) is 4.52. The third kappa shape index (κ3) is 2.89. The molecule has 2 amide bonds. The molecule has 6 heteroatoms. The molecule has 0 spiro atoms. The molecule has 0 saturated heterocycles. The van der Waals surface area contributed by atoms with Crippen LogP contribution in [0.5, 0.6) is 0 Å². The first-order valence-electron chi connectivity index (χ1n) is 7.92. The Kier molecular flexibility index (Phi) is 4.32. The molecule has 0 radical (unpaired) electrons. The summed E-state index contributed by atoms with van der Waals surface area (Å²) in [6.07, 6.45) is 2.85. The molecule has 0 bridgehead atoms. The highest BCUT2D eigenvalue weighted by Gasteiger charge is 2.26. The summed E-state index contributed by atoms with van der Waals surface area (Å²) in [5.74, 6) is -0.685. The zero-order chi connectivity index (χ0) is 17.4. The number of carbonyl (C=O) groups excluding carboxylic acids is 2. The van der Waals surface area contributed by atoms with Crippen LogP contribution >= 0.6 is 11.3 Å². The lowest BCUT2D eigenvalue weighted by molar-refractivity contribution is 0.100. The summed E-state index contributed by atoms with van der Waals surface area (Å²) in [6.45, 7) is 1.97. The first-order chi connectivity index (χ1) is 11.4. The molecule has 1 aliphatic carbocycles. The zero-order valence-electron chi connectivity index (χ0n) is 14.1. The number of carbonyl (C=O) groups is 2. The highest BCUT2D eigenvalue weighted by atomic mass is 32.1. The van der Waals surface area contributed by atoms with Crippen LogP contribution in [0.2, 0.25) is 0 Å². The number of nitrogens with two attached hydrogens (primary N) is 1. The minimum atomic E-state index is -0.469. The van der Waals surface area contributed by atoms with Crippen molar-refractivity contribution in [1.29, 1.82) is 0 Å². The third-order valence-corrected chi connectivity index (χ3v) is 5.54. The van der Waals surface area contributed by atoms with Gasteiger partial charge in [-0.15, -0.1) is 11.3 Å². The number of fused-ring (bicyclic) bond motifs is 1. The van der Waals surface area contributed by atoms with Crippen LogP contribution in [-0.2, 0) is 12.8 Å². The van der Waals surface area contributed by atoms with E-state index in [-0.39, 0.29) is 5.91 Å². The van der Waals surface area contributed by atoms with Gasteiger partial charge in [-0.3, -0.25) is 9.59 Å². The molecule has 3 N–H and O–H groups in total. The van der Waals surface area contributed by atoms with Crippen molar-refractivity contribution in [2.75, 3.05) is 24.3 Å². The van der Waals surface area contributed by atoms with Gasteiger partial charge >= 0.3 is 0 Å². The number of hydrogen-bond acceptors (Lipinski definition) is 4. The molecule has 1 aromatic carbocycles. The Morgan fingerprint density at radius 1 is 1.25 bits per heavy atom. The number of nitrogens with zero attached hydrogens (tertiary/aromatic N) is 1. The summed E-state index contributed by atoms with van der Waals surface area (Å²) in [6, 6.07) is 5.58. The van der Waals surface area contributed by atoms with Crippen molar-refractivity contribution in [2.24, 2.45) is 5.73 Å². The fourth-order valence-electron chi connectivity index (χ4n) is 3.23. The van der Waals surface area contributed by atoms with Gasteiger partial charge in [0, 0.05) is 30.2 Å². The first kappa shape index (κ1) is 16.5. The summed E-state index contributed by atoms with van der Waals surface area (Å²) in [5, 5.41) is 3.45. The average Bonchev–Trinajstić information content (AvgIpc) is 3.06. The maximum absolute atomic E-state index is 12.6. The second-order valence-electron chi connectivity index (χ2n) is 6.28. The minimum absolute atomic E-state index is 0.217.